The highest BCUT2D eigenvalue weighted by molar-refractivity contribution is 9.10. The first-order valence-electron chi connectivity index (χ1n) is 4.85. The first-order valence-corrected chi connectivity index (χ1v) is 5.64. The standard InChI is InChI=1S/C10H15BrN2O3/c1-5(8(14)16-10(2,3)4)6-7(12)15-9(11)13-6/h5H,12H2,1-4H3/t5-/m0/s1. The van der Waals surface area contributed by atoms with Crippen molar-refractivity contribution in [1.82, 2.24) is 4.98 Å². The molecule has 1 aromatic rings. The van der Waals surface area contributed by atoms with Gasteiger partial charge in [-0.3, -0.25) is 4.79 Å². The molecule has 16 heavy (non-hydrogen) atoms. The zero-order valence-electron chi connectivity index (χ0n) is 9.70. The number of ether oxygens (including phenoxy) is 1. The molecule has 0 unspecified atom stereocenters. The van der Waals surface area contributed by atoms with Crippen LogP contribution < -0.4 is 5.73 Å². The summed E-state index contributed by atoms with van der Waals surface area (Å²) in [5, 5.41) is 0. The molecule has 0 aliphatic rings. The number of hydrogen-bond acceptors (Lipinski definition) is 5. The number of nitrogens with zero attached hydrogens (tertiary/aromatic N) is 1. The van der Waals surface area contributed by atoms with E-state index in [2.05, 4.69) is 20.9 Å². The third kappa shape index (κ3) is 3.23. The molecule has 5 nitrogen and oxygen atoms in total. The Morgan fingerprint density at radius 3 is 2.50 bits per heavy atom. The Kier molecular flexibility index (Phi) is 3.62. The van der Waals surface area contributed by atoms with Gasteiger partial charge < -0.3 is 14.9 Å². The number of carbonyl (C=O) groups is 1. The van der Waals surface area contributed by atoms with Gasteiger partial charge in [0.2, 0.25) is 5.88 Å². The molecule has 6 heteroatoms. The van der Waals surface area contributed by atoms with Crippen LogP contribution in [0.4, 0.5) is 5.88 Å². The van der Waals surface area contributed by atoms with E-state index in [1.165, 1.54) is 0 Å². The van der Waals surface area contributed by atoms with Gasteiger partial charge in [-0.2, -0.15) is 0 Å². The van der Waals surface area contributed by atoms with Gasteiger partial charge in [0.05, 0.1) is 0 Å². The van der Waals surface area contributed by atoms with Crippen molar-refractivity contribution in [2.75, 3.05) is 5.73 Å². The molecule has 0 spiro atoms. The van der Waals surface area contributed by atoms with E-state index in [0.717, 1.165) is 0 Å². The van der Waals surface area contributed by atoms with Gasteiger partial charge in [-0.05, 0) is 27.7 Å². The summed E-state index contributed by atoms with van der Waals surface area (Å²) in [5.74, 6) is -0.792. The molecule has 0 bridgehead atoms. The van der Waals surface area contributed by atoms with Crippen LogP contribution in [0.1, 0.15) is 39.3 Å². The fraction of sp³-hybridized carbons (Fsp3) is 0.600. The molecule has 1 rings (SSSR count). The number of halogens is 1. The number of hydrogen-bond donors (Lipinski definition) is 1. The summed E-state index contributed by atoms with van der Waals surface area (Å²) in [7, 11) is 0. The second kappa shape index (κ2) is 4.45. The summed E-state index contributed by atoms with van der Waals surface area (Å²) < 4.78 is 10.2. The summed E-state index contributed by atoms with van der Waals surface area (Å²) in [6.07, 6.45) is 0. The van der Waals surface area contributed by atoms with Crippen LogP contribution in [0, 0.1) is 0 Å². The number of nitrogens with two attached hydrogens (primary N) is 1. The largest absolute Gasteiger partial charge is 0.459 e. The van der Waals surface area contributed by atoms with Crippen molar-refractivity contribution in [2.24, 2.45) is 0 Å². The fourth-order valence-electron chi connectivity index (χ4n) is 1.13. The lowest BCUT2D eigenvalue weighted by atomic mass is 10.1. The van der Waals surface area contributed by atoms with Crippen molar-refractivity contribution in [3.05, 3.63) is 10.5 Å². The Hall–Kier alpha value is -1.04. The minimum absolute atomic E-state index is 0.130. The molecule has 0 aliphatic carbocycles. The minimum atomic E-state index is -0.547. The van der Waals surface area contributed by atoms with Crippen LogP contribution in [0.3, 0.4) is 0 Å². The van der Waals surface area contributed by atoms with Crippen molar-refractivity contribution in [1.29, 1.82) is 0 Å². The molecule has 90 valence electrons. The first kappa shape index (κ1) is 13.0. The number of rotatable bonds is 2. The predicted octanol–water partition coefficient (Wildman–Crippen LogP) is 2.46. The van der Waals surface area contributed by atoms with Crippen LogP contribution in [-0.2, 0) is 9.53 Å². The van der Waals surface area contributed by atoms with Crippen LogP contribution in [0.2, 0.25) is 0 Å². The summed E-state index contributed by atoms with van der Waals surface area (Å²) >= 11 is 3.05. The molecule has 0 aliphatic heterocycles. The summed E-state index contributed by atoms with van der Waals surface area (Å²) in [5.41, 5.74) is 5.44. The van der Waals surface area contributed by atoms with Gasteiger partial charge >= 0.3 is 5.97 Å². The van der Waals surface area contributed by atoms with E-state index in [1.807, 2.05) is 0 Å². The monoisotopic (exact) mass is 290 g/mol. The third-order valence-electron chi connectivity index (χ3n) is 1.83. The Labute approximate surface area is 102 Å². The van der Waals surface area contributed by atoms with E-state index in [-0.39, 0.29) is 16.7 Å². The average molecular weight is 291 g/mol. The summed E-state index contributed by atoms with van der Waals surface area (Å²) in [6, 6.07) is 0. The predicted molar refractivity (Wildman–Crippen MR) is 62.9 cm³/mol. The first-order chi connectivity index (χ1) is 7.20. The van der Waals surface area contributed by atoms with Crippen molar-refractivity contribution in [2.45, 2.75) is 39.2 Å². The van der Waals surface area contributed by atoms with Crippen molar-refractivity contribution in [3.63, 3.8) is 0 Å². The lowest BCUT2D eigenvalue weighted by molar-refractivity contribution is -0.156. The van der Waals surface area contributed by atoms with Crippen molar-refractivity contribution in [3.8, 4) is 0 Å². The molecule has 1 heterocycles. The smallest absolute Gasteiger partial charge is 0.315 e. The van der Waals surface area contributed by atoms with E-state index in [1.54, 1.807) is 27.7 Å². The van der Waals surface area contributed by atoms with E-state index < -0.39 is 11.5 Å². The maximum absolute atomic E-state index is 11.7. The maximum atomic E-state index is 11.7. The third-order valence-corrected chi connectivity index (χ3v) is 2.16. The molecule has 0 aromatic carbocycles. The molecule has 2 N–H and O–H groups in total. The van der Waals surface area contributed by atoms with Gasteiger partial charge in [-0.15, -0.1) is 0 Å². The number of oxazole rings is 1. The Morgan fingerprint density at radius 2 is 2.12 bits per heavy atom. The van der Waals surface area contributed by atoms with Crippen molar-refractivity contribution >= 4 is 27.8 Å². The van der Waals surface area contributed by atoms with Gasteiger partial charge in [0.15, 0.2) is 0 Å². The molecule has 0 saturated heterocycles. The Bertz CT molecular complexity index is 395. The van der Waals surface area contributed by atoms with E-state index in [4.69, 9.17) is 14.9 Å². The van der Waals surface area contributed by atoms with Crippen LogP contribution >= 0.6 is 15.9 Å². The molecule has 0 fully saturated rings. The highest BCUT2D eigenvalue weighted by atomic mass is 79.9. The second-order valence-electron chi connectivity index (χ2n) is 4.47. The summed E-state index contributed by atoms with van der Waals surface area (Å²) in [4.78, 5) is 16.0. The number of esters is 1. The fourth-order valence-corrected chi connectivity index (χ4v) is 1.49. The molecule has 1 aromatic heterocycles. The number of carbonyl (C=O) groups excluding carboxylic acids is 1. The van der Waals surface area contributed by atoms with Crippen LogP contribution in [-0.4, -0.2) is 16.6 Å². The van der Waals surface area contributed by atoms with Crippen LogP contribution in [0.5, 0.6) is 0 Å². The highest BCUT2D eigenvalue weighted by Crippen LogP contribution is 2.27. The summed E-state index contributed by atoms with van der Waals surface area (Å²) in [6.45, 7) is 7.09. The molecule has 0 amide bonds. The molecular formula is C10H15BrN2O3. The van der Waals surface area contributed by atoms with E-state index in [9.17, 15) is 4.79 Å². The zero-order valence-corrected chi connectivity index (χ0v) is 11.3. The number of aromatic nitrogens is 1. The maximum Gasteiger partial charge on any atom is 0.315 e. The molecule has 0 radical (unpaired) electrons. The minimum Gasteiger partial charge on any atom is -0.459 e. The number of nitrogen functional groups attached to an aromatic ring is 1. The van der Waals surface area contributed by atoms with Gasteiger partial charge in [-0.1, -0.05) is 0 Å². The van der Waals surface area contributed by atoms with Gasteiger partial charge in [0, 0.05) is 15.9 Å². The van der Waals surface area contributed by atoms with Gasteiger partial charge in [-0.25, -0.2) is 4.98 Å². The lowest BCUT2D eigenvalue weighted by Crippen LogP contribution is -2.27. The van der Waals surface area contributed by atoms with Gasteiger partial charge in [0.1, 0.15) is 17.2 Å². The molecule has 0 saturated carbocycles. The molecule has 1 atom stereocenters. The van der Waals surface area contributed by atoms with E-state index >= 15 is 0 Å². The van der Waals surface area contributed by atoms with Crippen molar-refractivity contribution < 1.29 is 13.9 Å². The van der Waals surface area contributed by atoms with Crippen LogP contribution in [0.15, 0.2) is 9.22 Å². The van der Waals surface area contributed by atoms with E-state index in [0.29, 0.717) is 5.69 Å². The SMILES string of the molecule is C[C@H](C(=O)OC(C)(C)C)c1nc(Br)oc1N. The molecular weight excluding hydrogens is 276 g/mol. The zero-order chi connectivity index (χ0) is 12.5. The normalized spacial score (nSPS) is 13.6. The number of anilines is 1. The quantitative estimate of drug-likeness (QED) is 0.847. The highest BCUT2D eigenvalue weighted by Gasteiger charge is 2.27. The van der Waals surface area contributed by atoms with Crippen LogP contribution in [0.25, 0.3) is 0 Å². The topological polar surface area (TPSA) is 78.3 Å². The second-order valence-corrected chi connectivity index (χ2v) is 5.15. The van der Waals surface area contributed by atoms with Gasteiger partial charge in [0.25, 0.3) is 4.80 Å². The lowest BCUT2D eigenvalue weighted by Gasteiger charge is -2.21. The Morgan fingerprint density at radius 1 is 1.56 bits per heavy atom. The Balaban J connectivity index is 2.82. The average Bonchev–Trinajstić information content (AvgIpc) is 2.41.